The molecule has 0 aliphatic rings. The van der Waals surface area contributed by atoms with Gasteiger partial charge in [0.25, 0.3) is 0 Å². The molecule has 0 aliphatic carbocycles. The number of aryl methyl sites for hydroxylation is 1. The molecule has 3 rings (SSSR count). The summed E-state index contributed by atoms with van der Waals surface area (Å²) >= 11 is 1.36. The molecule has 0 amide bonds. The Kier molecular flexibility index (Phi) is 6.87. The molecule has 0 fully saturated rings. The number of hydrogen-bond donors (Lipinski definition) is 2. The third-order valence-corrected chi connectivity index (χ3v) is 6.57. The van der Waals surface area contributed by atoms with Crippen molar-refractivity contribution in [1.29, 1.82) is 0 Å². The molecular weight excluding hydrogens is 398 g/mol. The molecule has 0 saturated carbocycles. The van der Waals surface area contributed by atoms with Crippen molar-refractivity contribution in [2.75, 3.05) is 25.5 Å². The smallest absolute Gasteiger partial charge is 0.244 e. The van der Waals surface area contributed by atoms with E-state index in [1.165, 1.54) is 18.6 Å². The molecule has 0 unspecified atom stereocenters. The zero-order valence-electron chi connectivity index (χ0n) is 16.0. The van der Waals surface area contributed by atoms with Gasteiger partial charge >= 0.3 is 0 Å². The first-order valence-corrected chi connectivity index (χ1v) is 11.4. The van der Waals surface area contributed by atoms with Crippen LogP contribution in [0.15, 0.2) is 35.5 Å². The van der Waals surface area contributed by atoms with Crippen LogP contribution >= 0.6 is 11.5 Å². The highest BCUT2D eigenvalue weighted by atomic mass is 32.2. The van der Waals surface area contributed by atoms with Crippen molar-refractivity contribution in [1.82, 2.24) is 18.5 Å². The first kappa shape index (κ1) is 20.6. The second-order valence-corrected chi connectivity index (χ2v) is 8.94. The maximum Gasteiger partial charge on any atom is 0.244 e. The molecule has 0 atom stereocenters. The second kappa shape index (κ2) is 9.35. The zero-order valence-corrected chi connectivity index (χ0v) is 17.6. The third kappa shape index (κ3) is 5.00. The van der Waals surface area contributed by atoms with Gasteiger partial charge in [-0.1, -0.05) is 18.9 Å². The average molecular weight is 424 g/mol. The van der Waals surface area contributed by atoms with E-state index < -0.39 is 10.0 Å². The third-order valence-electron chi connectivity index (χ3n) is 4.34. The summed E-state index contributed by atoms with van der Waals surface area (Å²) in [5.41, 5.74) is 0.954. The number of anilines is 1. The van der Waals surface area contributed by atoms with E-state index in [0.29, 0.717) is 12.3 Å². The maximum absolute atomic E-state index is 12.5. The van der Waals surface area contributed by atoms with Gasteiger partial charge in [-0.05, 0) is 37.5 Å². The van der Waals surface area contributed by atoms with Crippen LogP contribution < -0.4 is 14.8 Å². The van der Waals surface area contributed by atoms with Gasteiger partial charge in [0.1, 0.15) is 10.6 Å². The monoisotopic (exact) mass is 423 g/mol. The molecule has 8 nitrogen and oxygen atoms in total. The molecule has 0 saturated heterocycles. The van der Waals surface area contributed by atoms with E-state index in [4.69, 9.17) is 4.74 Å². The number of imidazole rings is 1. The van der Waals surface area contributed by atoms with Gasteiger partial charge in [-0.2, -0.15) is 4.37 Å². The molecule has 0 radical (unpaired) electrons. The number of ether oxygens (including phenoxy) is 1. The van der Waals surface area contributed by atoms with Crippen LogP contribution in [-0.2, 0) is 10.0 Å². The van der Waals surface area contributed by atoms with Crippen molar-refractivity contribution in [2.24, 2.45) is 0 Å². The van der Waals surface area contributed by atoms with E-state index in [2.05, 4.69) is 19.4 Å². The highest BCUT2D eigenvalue weighted by molar-refractivity contribution is 7.89. The number of aromatic nitrogens is 3. The van der Waals surface area contributed by atoms with Crippen LogP contribution in [-0.4, -0.2) is 42.4 Å². The Morgan fingerprint density at radius 1 is 1.18 bits per heavy atom. The van der Waals surface area contributed by atoms with Gasteiger partial charge in [0.05, 0.1) is 7.11 Å². The van der Waals surface area contributed by atoms with Gasteiger partial charge in [0, 0.05) is 37.0 Å². The fourth-order valence-electron chi connectivity index (χ4n) is 2.85. The summed E-state index contributed by atoms with van der Waals surface area (Å²) < 4.78 is 39.0. The van der Waals surface area contributed by atoms with Gasteiger partial charge < -0.3 is 10.1 Å². The van der Waals surface area contributed by atoms with Crippen LogP contribution in [0.1, 0.15) is 31.2 Å². The number of fused-ring (bicyclic) bond motifs is 1. The number of hydrogen-bond acceptors (Lipinski definition) is 7. The molecule has 28 heavy (non-hydrogen) atoms. The SMILES string of the molecule is COc1cc(C)ccc1S(=O)(=O)NCCCCCCNc1nsc2nccn12. The predicted molar refractivity (Wildman–Crippen MR) is 111 cm³/mol. The van der Waals surface area contributed by atoms with E-state index in [1.807, 2.05) is 17.5 Å². The Balaban J connectivity index is 1.35. The van der Waals surface area contributed by atoms with Crippen LogP contribution in [0, 0.1) is 6.92 Å². The predicted octanol–water partition coefficient (Wildman–Crippen LogP) is 3.06. The molecule has 10 heteroatoms. The zero-order chi connectivity index (χ0) is 20.0. The molecule has 0 spiro atoms. The molecule has 2 N–H and O–H groups in total. The summed E-state index contributed by atoms with van der Waals surface area (Å²) in [6, 6.07) is 5.07. The Morgan fingerprint density at radius 2 is 1.96 bits per heavy atom. The standard InChI is InChI=1S/C18H25N5O3S2/c1-14-7-8-16(15(13-14)26-2)28(24,25)21-10-6-4-3-5-9-19-17-22-27-18-20-11-12-23(17)18/h7-8,11-13,21H,3-6,9-10H2,1-2H3,(H,19,22). The quantitative estimate of drug-likeness (QED) is 0.460. The van der Waals surface area contributed by atoms with Crippen molar-refractivity contribution in [3.63, 3.8) is 0 Å². The lowest BCUT2D eigenvalue weighted by molar-refractivity contribution is 0.402. The first-order valence-electron chi connectivity index (χ1n) is 9.18. The molecule has 0 bridgehead atoms. The lowest BCUT2D eigenvalue weighted by Crippen LogP contribution is -2.25. The lowest BCUT2D eigenvalue weighted by atomic mass is 10.2. The summed E-state index contributed by atoms with van der Waals surface area (Å²) in [5.74, 6) is 1.19. The number of sulfonamides is 1. The largest absolute Gasteiger partial charge is 0.495 e. The van der Waals surface area contributed by atoms with Crippen molar-refractivity contribution in [3.05, 3.63) is 36.2 Å². The van der Waals surface area contributed by atoms with E-state index in [0.717, 1.165) is 48.7 Å². The van der Waals surface area contributed by atoms with Gasteiger partial charge in [-0.15, -0.1) is 0 Å². The van der Waals surface area contributed by atoms with Crippen molar-refractivity contribution >= 4 is 32.5 Å². The van der Waals surface area contributed by atoms with E-state index >= 15 is 0 Å². The molecule has 0 aliphatic heterocycles. The summed E-state index contributed by atoms with van der Waals surface area (Å²) in [6.45, 7) is 3.13. The minimum Gasteiger partial charge on any atom is -0.495 e. The highest BCUT2D eigenvalue weighted by Gasteiger charge is 2.18. The average Bonchev–Trinajstić information content (AvgIpc) is 3.28. The lowest BCUT2D eigenvalue weighted by Gasteiger charge is -2.11. The minimum absolute atomic E-state index is 0.180. The number of benzene rings is 1. The maximum atomic E-state index is 12.5. The number of nitrogens with one attached hydrogen (secondary N) is 2. The minimum atomic E-state index is -3.57. The number of nitrogens with zero attached hydrogens (tertiary/aromatic N) is 3. The number of unbranched alkanes of at least 4 members (excludes halogenated alkanes) is 3. The van der Waals surface area contributed by atoms with E-state index in [1.54, 1.807) is 24.4 Å². The van der Waals surface area contributed by atoms with Gasteiger partial charge in [0.2, 0.25) is 20.9 Å². The molecular formula is C18H25N5O3S2. The summed E-state index contributed by atoms with van der Waals surface area (Å²) in [6.07, 6.45) is 7.39. The second-order valence-electron chi connectivity index (χ2n) is 6.48. The Morgan fingerprint density at radius 3 is 2.75 bits per heavy atom. The molecule has 2 heterocycles. The Labute approximate surface area is 169 Å². The normalized spacial score (nSPS) is 11.8. The van der Waals surface area contributed by atoms with Crippen LogP contribution in [0.25, 0.3) is 4.96 Å². The van der Waals surface area contributed by atoms with Gasteiger partial charge in [-0.3, -0.25) is 4.40 Å². The Bertz CT molecular complexity index is 1010. The number of rotatable bonds is 11. The Hall–Kier alpha value is -2.17. The van der Waals surface area contributed by atoms with E-state index in [-0.39, 0.29) is 4.90 Å². The number of methoxy groups -OCH3 is 1. The van der Waals surface area contributed by atoms with Crippen molar-refractivity contribution in [3.8, 4) is 5.75 Å². The summed E-state index contributed by atoms with van der Waals surface area (Å²) in [5, 5.41) is 3.30. The fourth-order valence-corrected chi connectivity index (χ4v) is 4.74. The van der Waals surface area contributed by atoms with Gasteiger partial charge in [0.15, 0.2) is 0 Å². The van der Waals surface area contributed by atoms with Gasteiger partial charge in [-0.25, -0.2) is 18.1 Å². The van der Waals surface area contributed by atoms with Crippen molar-refractivity contribution < 1.29 is 13.2 Å². The summed E-state index contributed by atoms with van der Waals surface area (Å²) in [7, 11) is -2.09. The molecule has 2 aromatic heterocycles. The van der Waals surface area contributed by atoms with Crippen LogP contribution in [0.2, 0.25) is 0 Å². The summed E-state index contributed by atoms with van der Waals surface area (Å²) in [4.78, 5) is 5.24. The topological polar surface area (TPSA) is 97.6 Å². The van der Waals surface area contributed by atoms with Crippen LogP contribution in [0.4, 0.5) is 5.95 Å². The van der Waals surface area contributed by atoms with E-state index in [9.17, 15) is 8.42 Å². The van der Waals surface area contributed by atoms with Crippen LogP contribution in [0.3, 0.4) is 0 Å². The molecule has 3 aromatic rings. The molecule has 1 aromatic carbocycles. The van der Waals surface area contributed by atoms with Crippen LogP contribution in [0.5, 0.6) is 5.75 Å². The fraction of sp³-hybridized carbons (Fsp3) is 0.444. The molecule has 152 valence electrons. The van der Waals surface area contributed by atoms with Crippen molar-refractivity contribution in [2.45, 2.75) is 37.5 Å². The first-order chi connectivity index (χ1) is 13.5. The highest BCUT2D eigenvalue weighted by Crippen LogP contribution is 2.24.